The zero-order chi connectivity index (χ0) is 17.7. The van der Waals surface area contributed by atoms with E-state index in [-0.39, 0.29) is 10.5 Å². The molecule has 24 heavy (non-hydrogen) atoms. The fourth-order valence-corrected chi connectivity index (χ4v) is 2.26. The van der Waals surface area contributed by atoms with Crippen LogP contribution in [0.2, 0.25) is 0 Å². The van der Waals surface area contributed by atoms with Gasteiger partial charge in [0.25, 0.3) is 5.91 Å². The number of anilines is 1. The number of carbonyl (C=O) groups is 2. The average molecular weight is 349 g/mol. The van der Waals surface area contributed by atoms with E-state index in [0.29, 0.717) is 5.69 Å². The SMILES string of the molecule is CC(OC(=O)c1ccncc1)C(=O)Nc1ccc(S(N)(=O)=O)cc1. The molecule has 3 N–H and O–H groups in total. The molecule has 0 spiro atoms. The first kappa shape index (κ1) is 17.6. The van der Waals surface area contributed by atoms with Gasteiger partial charge in [0.15, 0.2) is 6.10 Å². The highest BCUT2D eigenvalue weighted by Gasteiger charge is 2.19. The van der Waals surface area contributed by atoms with Crippen LogP contribution in [0.1, 0.15) is 17.3 Å². The van der Waals surface area contributed by atoms with Crippen molar-refractivity contribution in [2.24, 2.45) is 5.14 Å². The molecule has 126 valence electrons. The van der Waals surface area contributed by atoms with E-state index in [2.05, 4.69) is 10.3 Å². The fourth-order valence-electron chi connectivity index (χ4n) is 1.74. The number of nitrogens with two attached hydrogens (primary N) is 1. The number of benzene rings is 1. The number of hydrogen-bond acceptors (Lipinski definition) is 6. The van der Waals surface area contributed by atoms with Crippen LogP contribution < -0.4 is 10.5 Å². The van der Waals surface area contributed by atoms with Gasteiger partial charge in [0.1, 0.15) is 0 Å². The summed E-state index contributed by atoms with van der Waals surface area (Å²) in [5, 5.41) is 7.50. The highest BCUT2D eigenvalue weighted by molar-refractivity contribution is 7.89. The highest BCUT2D eigenvalue weighted by Crippen LogP contribution is 2.13. The number of pyridine rings is 1. The Morgan fingerprint density at radius 3 is 2.25 bits per heavy atom. The number of carbonyl (C=O) groups excluding carboxylic acids is 2. The van der Waals surface area contributed by atoms with Crippen molar-refractivity contribution < 1.29 is 22.7 Å². The maximum absolute atomic E-state index is 12.0. The zero-order valence-electron chi connectivity index (χ0n) is 12.7. The van der Waals surface area contributed by atoms with Crippen LogP contribution in [0.25, 0.3) is 0 Å². The molecule has 0 aliphatic heterocycles. The van der Waals surface area contributed by atoms with E-state index in [1.54, 1.807) is 0 Å². The molecule has 0 aliphatic rings. The molecular weight excluding hydrogens is 334 g/mol. The zero-order valence-corrected chi connectivity index (χ0v) is 13.5. The van der Waals surface area contributed by atoms with Gasteiger partial charge in [0.2, 0.25) is 10.0 Å². The Bertz CT molecular complexity index is 835. The molecule has 1 atom stereocenters. The fraction of sp³-hybridized carbons (Fsp3) is 0.133. The largest absolute Gasteiger partial charge is 0.449 e. The third-order valence-electron chi connectivity index (χ3n) is 3.02. The normalized spacial score (nSPS) is 12.2. The molecule has 0 saturated carbocycles. The van der Waals surface area contributed by atoms with Crippen molar-refractivity contribution in [1.82, 2.24) is 4.98 Å². The van der Waals surface area contributed by atoms with E-state index in [1.165, 1.54) is 55.7 Å². The van der Waals surface area contributed by atoms with Gasteiger partial charge in [-0.3, -0.25) is 9.78 Å². The molecule has 0 radical (unpaired) electrons. The van der Waals surface area contributed by atoms with Crippen molar-refractivity contribution >= 4 is 27.6 Å². The lowest BCUT2D eigenvalue weighted by molar-refractivity contribution is -0.123. The number of amides is 1. The number of rotatable bonds is 5. The summed E-state index contributed by atoms with van der Waals surface area (Å²) in [5.41, 5.74) is 0.626. The molecular formula is C15H15N3O5S. The van der Waals surface area contributed by atoms with Gasteiger partial charge in [-0.2, -0.15) is 0 Å². The molecule has 0 bridgehead atoms. The van der Waals surface area contributed by atoms with Crippen LogP contribution in [-0.2, 0) is 19.6 Å². The first-order valence-electron chi connectivity index (χ1n) is 6.82. The second-order valence-corrected chi connectivity index (χ2v) is 6.40. The smallest absolute Gasteiger partial charge is 0.339 e. The van der Waals surface area contributed by atoms with Gasteiger partial charge in [-0.05, 0) is 43.3 Å². The van der Waals surface area contributed by atoms with Crippen molar-refractivity contribution in [2.75, 3.05) is 5.32 Å². The van der Waals surface area contributed by atoms with Gasteiger partial charge in [0.05, 0.1) is 10.5 Å². The Hall–Kier alpha value is -2.78. The first-order chi connectivity index (χ1) is 11.3. The van der Waals surface area contributed by atoms with Crippen molar-refractivity contribution in [3.05, 3.63) is 54.4 Å². The van der Waals surface area contributed by atoms with Crippen molar-refractivity contribution in [3.8, 4) is 0 Å². The lowest BCUT2D eigenvalue weighted by Gasteiger charge is -2.13. The molecule has 1 unspecified atom stereocenters. The minimum atomic E-state index is -3.80. The molecule has 2 aromatic rings. The summed E-state index contributed by atoms with van der Waals surface area (Å²) in [6, 6.07) is 8.24. The van der Waals surface area contributed by atoms with Gasteiger partial charge in [-0.25, -0.2) is 18.4 Å². The number of aromatic nitrogens is 1. The van der Waals surface area contributed by atoms with E-state index in [4.69, 9.17) is 9.88 Å². The molecule has 0 fully saturated rings. The van der Waals surface area contributed by atoms with Gasteiger partial charge in [-0.15, -0.1) is 0 Å². The Kier molecular flexibility index (Phi) is 5.27. The van der Waals surface area contributed by atoms with Crippen molar-refractivity contribution in [3.63, 3.8) is 0 Å². The monoisotopic (exact) mass is 349 g/mol. The van der Waals surface area contributed by atoms with Gasteiger partial charge in [0, 0.05) is 18.1 Å². The maximum atomic E-state index is 12.0. The molecule has 1 aromatic carbocycles. The van der Waals surface area contributed by atoms with E-state index in [1.807, 2.05) is 0 Å². The molecule has 1 amide bonds. The predicted molar refractivity (Wildman–Crippen MR) is 85.6 cm³/mol. The number of sulfonamides is 1. The van der Waals surface area contributed by atoms with Crippen LogP contribution in [0.15, 0.2) is 53.7 Å². The van der Waals surface area contributed by atoms with E-state index < -0.39 is 28.0 Å². The van der Waals surface area contributed by atoms with Gasteiger partial charge in [-0.1, -0.05) is 0 Å². The summed E-state index contributed by atoms with van der Waals surface area (Å²) >= 11 is 0. The second-order valence-electron chi connectivity index (χ2n) is 4.84. The topological polar surface area (TPSA) is 128 Å². The highest BCUT2D eigenvalue weighted by atomic mass is 32.2. The summed E-state index contributed by atoms with van der Waals surface area (Å²) in [4.78, 5) is 27.6. The van der Waals surface area contributed by atoms with Crippen LogP contribution in [0.3, 0.4) is 0 Å². The predicted octanol–water partition coefficient (Wildman–Crippen LogP) is 0.913. The lowest BCUT2D eigenvalue weighted by Crippen LogP contribution is -2.30. The minimum Gasteiger partial charge on any atom is -0.449 e. The van der Waals surface area contributed by atoms with Gasteiger partial charge >= 0.3 is 5.97 Å². The first-order valence-corrected chi connectivity index (χ1v) is 8.37. The quantitative estimate of drug-likeness (QED) is 0.772. The minimum absolute atomic E-state index is 0.0716. The molecule has 8 nitrogen and oxygen atoms in total. The van der Waals surface area contributed by atoms with Crippen LogP contribution >= 0.6 is 0 Å². The van der Waals surface area contributed by atoms with Crippen LogP contribution in [-0.4, -0.2) is 31.4 Å². The number of ether oxygens (including phenoxy) is 1. The molecule has 1 heterocycles. The van der Waals surface area contributed by atoms with Crippen molar-refractivity contribution in [1.29, 1.82) is 0 Å². The lowest BCUT2D eigenvalue weighted by atomic mass is 10.2. The molecule has 2 rings (SSSR count). The summed E-state index contributed by atoms with van der Waals surface area (Å²) in [6.07, 6.45) is 1.84. The number of nitrogens with one attached hydrogen (secondary N) is 1. The Morgan fingerprint density at radius 1 is 1.12 bits per heavy atom. The maximum Gasteiger partial charge on any atom is 0.339 e. The van der Waals surface area contributed by atoms with Crippen LogP contribution in [0.4, 0.5) is 5.69 Å². The van der Waals surface area contributed by atoms with Crippen LogP contribution in [0, 0.1) is 0 Å². The summed E-state index contributed by atoms with van der Waals surface area (Å²) in [6.45, 7) is 1.42. The van der Waals surface area contributed by atoms with E-state index in [0.717, 1.165) is 0 Å². The Morgan fingerprint density at radius 2 is 1.71 bits per heavy atom. The molecule has 9 heteroatoms. The standard InChI is InChI=1S/C15H15N3O5S/c1-10(23-15(20)11-6-8-17-9-7-11)14(19)18-12-2-4-13(5-3-12)24(16,21)22/h2-10H,1H3,(H,18,19)(H2,16,21,22). The Labute approximate surface area is 138 Å². The third kappa shape index (κ3) is 4.61. The third-order valence-corrected chi connectivity index (χ3v) is 3.95. The number of esters is 1. The van der Waals surface area contributed by atoms with Gasteiger partial charge < -0.3 is 10.1 Å². The van der Waals surface area contributed by atoms with Crippen molar-refractivity contribution in [2.45, 2.75) is 17.9 Å². The summed E-state index contributed by atoms with van der Waals surface area (Å²) in [5.74, 6) is -1.20. The molecule has 1 aromatic heterocycles. The van der Waals surface area contributed by atoms with Crippen LogP contribution in [0.5, 0.6) is 0 Å². The second kappa shape index (κ2) is 7.20. The number of primary sulfonamides is 1. The average Bonchev–Trinajstić information content (AvgIpc) is 2.55. The molecule has 0 aliphatic carbocycles. The Balaban J connectivity index is 1.98. The van der Waals surface area contributed by atoms with E-state index in [9.17, 15) is 18.0 Å². The number of nitrogens with zero attached hydrogens (tertiary/aromatic N) is 1. The number of hydrogen-bond donors (Lipinski definition) is 2. The summed E-state index contributed by atoms with van der Waals surface area (Å²) in [7, 11) is -3.80. The summed E-state index contributed by atoms with van der Waals surface area (Å²) < 4.78 is 27.4. The molecule has 0 saturated heterocycles. The van der Waals surface area contributed by atoms with E-state index >= 15 is 0 Å².